The molecule has 0 amide bonds. The summed E-state index contributed by atoms with van der Waals surface area (Å²) in [7, 11) is 0. The molecule has 18 nitrogen and oxygen atoms in total. The summed E-state index contributed by atoms with van der Waals surface area (Å²) in [6.45, 7) is 0. The van der Waals surface area contributed by atoms with Gasteiger partial charge in [0, 0.05) is 0 Å². The van der Waals surface area contributed by atoms with Gasteiger partial charge in [-0.2, -0.15) is 0 Å². The summed E-state index contributed by atoms with van der Waals surface area (Å²) >= 11 is 0. The van der Waals surface area contributed by atoms with Crippen LogP contribution in [-0.2, 0) is 0 Å². The van der Waals surface area contributed by atoms with Crippen molar-refractivity contribution in [2.75, 3.05) is 0 Å². The van der Waals surface area contributed by atoms with Gasteiger partial charge in [0.2, 0.25) is 0 Å². The van der Waals surface area contributed by atoms with Crippen molar-refractivity contribution in [3.63, 3.8) is 0 Å². The highest BCUT2D eigenvalue weighted by molar-refractivity contribution is 6.00. The van der Waals surface area contributed by atoms with E-state index in [1.54, 1.807) is 0 Å². The van der Waals surface area contributed by atoms with Gasteiger partial charge in [-0.25, -0.2) is 0 Å². The van der Waals surface area contributed by atoms with Crippen LogP contribution in [-0.4, -0.2) is 27.4 Å². The van der Waals surface area contributed by atoms with Crippen molar-refractivity contribution in [1.29, 1.82) is 0 Å². The third kappa shape index (κ3) is 4.65. The predicted octanol–water partition coefficient (Wildman–Crippen LogP) is 1.75. The van der Waals surface area contributed by atoms with E-state index in [1.165, 1.54) is 36.4 Å². The average molecular weight is 889 g/mol. The van der Waals surface area contributed by atoms with Gasteiger partial charge < -0.3 is 0 Å². The fraction of sp³-hybridized carbons (Fsp3) is 0.375. The molecule has 0 radical (unpaired) electrons. The molecular formula is C48H36N6O12. The monoisotopic (exact) mass is 888 g/mol. The van der Waals surface area contributed by atoms with E-state index in [1.807, 2.05) is 0 Å². The first-order chi connectivity index (χ1) is 31.8. The minimum absolute atomic E-state index is 0.139. The Morgan fingerprint density at radius 2 is 0.318 bits per heavy atom. The summed E-state index contributed by atoms with van der Waals surface area (Å²) in [6.07, 6.45) is 4.63. The summed E-state index contributed by atoms with van der Waals surface area (Å²) in [5, 5.41) is -1.66. The quantitative estimate of drug-likeness (QED) is 0.212. The first-order valence-corrected chi connectivity index (χ1v) is 22.6. The first-order valence-electron chi connectivity index (χ1n) is 22.6. The highest BCUT2D eigenvalue weighted by Crippen LogP contribution is 2.39. The van der Waals surface area contributed by atoms with E-state index in [2.05, 4.69) is 0 Å². The zero-order valence-electron chi connectivity index (χ0n) is 35.0. The number of rotatable bonds is 0. The van der Waals surface area contributed by atoms with Crippen molar-refractivity contribution in [1.82, 2.24) is 27.4 Å². The van der Waals surface area contributed by atoms with E-state index in [4.69, 9.17) is 0 Å². The molecule has 6 aromatic heterocycles. The zero-order valence-corrected chi connectivity index (χ0v) is 35.0. The van der Waals surface area contributed by atoms with Crippen molar-refractivity contribution < 1.29 is 0 Å². The van der Waals surface area contributed by atoms with Gasteiger partial charge in [0.1, 0.15) is 0 Å². The Bertz CT molecular complexity index is 3460. The number of hydrogen-bond donors (Lipinski definition) is 0. The molecule has 3 saturated carbocycles. The van der Waals surface area contributed by atoms with Gasteiger partial charge >= 0.3 is 0 Å². The number of benzene rings is 3. The van der Waals surface area contributed by atoms with Gasteiger partial charge in [-0.15, -0.1) is 0 Å². The smallest absolute Gasteiger partial charge is 0.261 e. The molecule has 3 aromatic carbocycles. The predicted molar refractivity (Wildman–Crippen MR) is 244 cm³/mol. The second-order valence-electron chi connectivity index (χ2n) is 19.0. The normalized spacial score (nSPS) is 23.5. The highest BCUT2D eigenvalue weighted by Gasteiger charge is 2.39. The van der Waals surface area contributed by atoms with E-state index in [0.717, 1.165) is 27.4 Å². The van der Waals surface area contributed by atoms with Crippen LogP contribution in [0.2, 0.25) is 0 Å². The molecule has 66 heavy (non-hydrogen) atoms. The summed E-state index contributed by atoms with van der Waals surface area (Å²) < 4.78 is 6.00. The molecule has 9 aromatic rings. The number of aromatic nitrogens is 6. The zero-order chi connectivity index (χ0) is 45.5. The van der Waals surface area contributed by atoms with Crippen molar-refractivity contribution in [3.8, 4) is 0 Å². The van der Waals surface area contributed by atoms with Crippen LogP contribution in [0.25, 0.3) is 64.6 Å². The minimum atomic E-state index is -0.992. The van der Waals surface area contributed by atoms with E-state index in [-0.39, 0.29) is 103 Å². The van der Waals surface area contributed by atoms with Gasteiger partial charge in [-0.1, -0.05) is 38.5 Å². The summed E-state index contributed by atoms with van der Waals surface area (Å²) in [6, 6.07) is 1.33. The SMILES string of the molecule is O=c1c2cc3c(=O)n4c(=O)c3cc2c(=O)n1[C@@H]1CCCC[C@H]1n1c(=O)c2cc3c(=O)n(c(=O)c3cc2c1=O)[C@@H]1CCCC[C@H]1n1c(=O)c2cc3c(=O)n(c(=O)c3cc2c1=O)[C@@H]1CCCC[C@H]14. The Morgan fingerprint density at radius 3 is 0.424 bits per heavy atom. The highest BCUT2D eigenvalue weighted by atomic mass is 16.2. The molecule has 11 aliphatic rings. The van der Waals surface area contributed by atoms with Gasteiger partial charge in [0.15, 0.2) is 0 Å². The molecule has 3 aliphatic carbocycles. The lowest BCUT2D eigenvalue weighted by Crippen LogP contribution is -2.42. The number of nitrogens with zero attached hydrogens (tertiary/aromatic N) is 6. The summed E-state index contributed by atoms with van der Waals surface area (Å²) in [5.41, 5.74) is -9.26. The lowest BCUT2D eigenvalue weighted by atomic mass is 9.90. The third-order valence-corrected chi connectivity index (χ3v) is 15.9. The van der Waals surface area contributed by atoms with Gasteiger partial charge in [0.25, 0.3) is 66.7 Å². The molecule has 18 bridgehead atoms. The molecule has 18 heteroatoms. The molecule has 330 valence electrons. The second kappa shape index (κ2) is 13.1. The third-order valence-electron chi connectivity index (χ3n) is 15.9. The van der Waals surface area contributed by atoms with Crippen LogP contribution < -0.4 is 66.7 Å². The molecule has 14 heterocycles. The van der Waals surface area contributed by atoms with E-state index in [0.29, 0.717) is 38.5 Å². The molecule has 20 rings (SSSR count). The summed E-state index contributed by atoms with van der Waals surface area (Å²) in [5.74, 6) is 0. The Balaban J connectivity index is 1.12. The fourth-order valence-corrected chi connectivity index (χ4v) is 12.9. The average Bonchev–Trinajstić information content (AvgIpc) is 4.04. The fourth-order valence-electron chi connectivity index (χ4n) is 12.9. The van der Waals surface area contributed by atoms with E-state index >= 15 is 0 Å². The van der Waals surface area contributed by atoms with Crippen molar-refractivity contribution in [2.45, 2.75) is 113 Å². The van der Waals surface area contributed by atoms with E-state index < -0.39 is 103 Å². The first kappa shape index (κ1) is 38.9. The molecule has 0 N–H and O–H groups in total. The largest absolute Gasteiger partial charge is 0.269 e. The molecule has 0 unspecified atom stereocenters. The van der Waals surface area contributed by atoms with Gasteiger partial charge in [-0.05, 0) is 74.9 Å². The Kier molecular flexibility index (Phi) is 7.71. The van der Waals surface area contributed by atoms with Crippen LogP contribution in [0.4, 0.5) is 0 Å². The van der Waals surface area contributed by atoms with Crippen molar-refractivity contribution >= 4 is 64.6 Å². The van der Waals surface area contributed by atoms with Crippen LogP contribution in [0.15, 0.2) is 93.9 Å². The molecule has 8 aliphatic heterocycles. The molecule has 0 spiro atoms. The van der Waals surface area contributed by atoms with Crippen LogP contribution in [0.3, 0.4) is 0 Å². The maximum atomic E-state index is 14.4. The maximum absolute atomic E-state index is 14.4. The molecular weight excluding hydrogens is 853 g/mol. The number of hydrogen-bond acceptors (Lipinski definition) is 12. The lowest BCUT2D eigenvalue weighted by molar-refractivity contribution is 0.228. The minimum Gasteiger partial charge on any atom is -0.269 e. The van der Waals surface area contributed by atoms with Crippen LogP contribution in [0.5, 0.6) is 0 Å². The van der Waals surface area contributed by atoms with E-state index in [9.17, 15) is 57.5 Å². The maximum Gasteiger partial charge on any atom is 0.261 e. The topological polar surface area (TPSA) is 234 Å². The van der Waals surface area contributed by atoms with Gasteiger partial charge in [0.05, 0.1) is 101 Å². The standard InChI is InChI=1S/C48H36N6O12/c55-37-19-13-23-24-14-20(19)38(56)49(37)31-7-1-2-8-32(31)50-39(57)21-15-25-26(16-22(21)40(50)58)44(62)52(43(25)61)35-11-5-6-12-36(35)54-47(65)29-17-27-28(18-30(29)48(54)66)46(64)53(45(27)63)34-10-4-3-9-33(34)51(41(23)59)42(24)60/h13-18,31-36H,1-12H2/t31-,32-,33-,34-,35-,36-/m1/s1. The van der Waals surface area contributed by atoms with Crippen molar-refractivity contribution in [2.24, 2.45) is 0 Å². The van der Waals surface area contributed by atoms with Crippen LogP contribution >= 0.6 is 0 Å². The van der Waals surface area contributed by atoms with Crippen LogP contribution in [0.1, 0.15) is 113 Å². The van der Waals surface area contributed by atoms with Gasteiger partial charge in [-0.3, -0.25) is 84.9 Å². The summed E-state index contributed by atoms with van der Waals surface area (Å²) in [4.78, 5) is 173. The Morgan fingerprint density at radius 1 is 0.212 bits per heavy atom. The Hall–Kier alpha value is -7.50. The lowest BCUT2D eigenvalue weighted by Gasteiger charge is -2.32. The molecule has 6 atom stereocenters. The second-order valence-corrected chi connectivity index (χ2v) is 19.0. The van der Waals surface area contributed by atoms with Crippen molar-refractivity contribution in [3.05, 3.63) is 161 Å². The Labute approximate surface area is 365 Å². The van der Waals surface area contributed by atoms with Crippen LogP contribution in [0, 0.1) is 0 Å². The molecule has 0 saturated heterocycles. The molecule has 3 fully saturated rings.